The molecule has 1 atom stereocenters. The highest BCUT2D eigenvalue weighted by Gasteiger charge is 2.34. The van der Waals surface area contributed by atoms with Gasteiger partial charge >= 0.3 is 5.97 Å². The van der Waals surface area contributed by atoms with Crippen molar-refractivity contribution in [3.05, 3.63) is 47.4 Å². The Morgan fingerprint density at radius 2 is 2.04 bits per heavy atom. The van der Waals surface area contributed by atoms with E-state index in [0.717, 1.165) is 17.7 Å². The predicted octanol–water partition coefficient (Wildman–Crippen LogP) is 3.31. The molecule has 3 rings (SSSR count). The van der Waals surface area contributed by atoms with Crippen molar-refractivity contribution in [2.24, 2.45) is 0 Å². The van der Waals surface area contributed by atoms with Gasteiger partial charge in [0.05, 0.1) is 18.3 Å². The topological polar surface area (TPSA) is 78.3 Å². The first-order chi connectivity index (χ1) is 12.5. The summed E-state index contributed by atoms with van der Waals surface area (Å²) in [6, 6.07) is 7.31. The van der Waals surface area contributed by atoms with Crippen LogP contribution in [0.3, 0.4) is 0 Å². The molecule has 0 aliphatic carbocycles. The number of aromatic nitrogens is 3. The fraction of sp³-hybridized carbons (Fsp3) is 0.421. The van der Waals surface area contributed by atoms with Gasteiger partial charge in [-0.05, 0) is 44.9 Å². The number of hydrogen-bond acceptors (Lipinski definition) is 6. The third-order valence-electron chi connectivity index (χ3n) is 4.03. The SMILES string of the molecule is CCCOc1ccc([C@@H]2C(C(=O)OC(C)C)=C(C)Nc3ncnn32)cc1. The molecule has 2 aromatic rings. The molecule has 0 saturated heterocycles. The largest absolute Gasteiger partial charge is 0.494 e. The second-order valence-electron chi connectivity index (χ2n) is 6.47. The fourth-order valence-electron chi connectivity index (χ4n) is 2.91. The normalized spacial score (nSPS) is 16.3. The number of anilines is 1. The first kappa shape index (κ1) is 18.0. The minimum atomic E-state index is -0.403. The van der Waals surface area contributed by atoms with E-state index < -0.39 is 6.04 Å². The lowest BCUT2D eigenvalue weighted by molar-refractivity contribution is -0.143. The summed E-state index contributed by atoms with van der Waals surface area (Å²) >= 11 is 0. The molecule has 7 heteroatoms. The van der Waals surface area contributed by atoms with Crippen LogP contribution in [-0.4, -0.2) is 33.4 Å². The van der Waals surface area contributed by atoms with Crippen LogP contribution in [0, 0.1) is 0 Å². The van der Waals surface area contributed by atoms with Gasteiger partial charge in [0, 0.05) is 5.70 Å². The Kier molecular flexibility index (Phi) is 5.25. The standard InChI is InChI=1S/C19H24N4O3/c1-5-10-25-15-8-6-14(7-9-15)17-16(18(24)26-12(2)3)13(4)22-19-20-11-21-23(17)19/h6-9,11-12,17H,5,10H2,1-4H3,(H,20,21,22)/t17-/m1/s1. The molecule has 138 valence electrons. The third-order valence-corrected chi connectivity index (χ3v) is 4.03. The van der Waals surface area contributed by atoms with E-state index in [1.165, 1.54) is 6.33 Å². The molecule has 7 nitrogen and oxygen atoms in total. The van der Waals surface area contributed by atoms with Crippen molar-refractivity contribution in [1.82, 2.24) is 14.8 Å². The highest BCUT2D eigenvalue weighted by Crippen LogP contribution is 2.35. The van der Waals surface area contributed by atoms with Crippen LogP contribution in [0.25, 0.3) is 0 Å². The third kappa shape index (κ3) is 3.56. The number of fused-ring (bicyclic) bond motifs is 1. The van der Waals surface area contributed by atoms with Crippen LogP contribution in [0.5, 0.6) is 5.75 Å². The van der Waals surface area contributed by atoms with Gasteiger partial charge in [-0.3, -0.25) is 0 Å². The van der Waals surface area contributed by atoms with Crippen molar-refractivity contribution in [3.63, 3.8) is 0 Å². The molecule has 1 aliphatic rings. The van der Waals surface area contributed by atoms with Crippen molar-refractivity contribution in [2.45, 2.75) is 46.3 Å². The Labute approximate surface area is 153 Å². The summed E-state index contributed by atoms with van der Waals surface area (Å²) in [6.45, 7) is 8.25. The Morgan fingerprint density at radius 1 is 1.31 bits per heavy atom. The molecule has 0 saturated carbocycles. The quantitative estimate of drug-likeness (QED) is 0.800. The van der Waals surface area contributed by atoms with Gasteiger partial charge in [0.15, 0.2) is 0 Å². The van der Waals surface area contributed by atoms with Gasteiger partial charge in [0.2, 0.25) is 5.95 Å². The number of ether oxygens (including phenoxy) is 2. The van der Waals surface area contributed by atoms with E-state index >= 15 is 0 Å². The van der Waals surface area contributed by atoms with Crippen LogP contribution < -0.4 is 10.1 Å². The summed E-state index contributed by atoms with van der Waals surface area (Å²) in [5, 5.41) is 7.43. The molecule has 26 heavy (non-hydrogen) atoms. The van der Waals surface area contributed by atoms with Crippen molar-refractivity contribution < 1.29 is 14.3 Å². The number of nitrogens with one attached hydrogen (secondary N) is 1. The van der Waals surface area contributed by atoms with E-state index in [1.807, 2.05) is 45.0 Å². The lowest BCUT2D eigenvalue weighted by Crippen LogP contribution is -2.30. The van der Waals surface area contributed by atoms with E-state index in [-0.39, 0.29) is 12.1 Å². The van der Waals surface area contributed by atoms with E-state index in [0.29, 0.717) is 23.8 Å². The van der Waals surface area contributed by atoms with Gasteiger partial charge in [-0.1, -0.05) is 19.1 Å². The molecule has 1 N–H and O–H groups in total. The predicted molar refractivity (Wildman–Crippen MR) is 97.9 cm³/mol. The second-order valence-corrected chi connectivity index (χ2v) is 6.47. The van der Waals surface area contributed by atoms with Crippen LogP contribution in [-0.2, 0) is 9.53 Å². The number of esters is 1. The van der Waals surface area contributed by atoms with E-state index in [1.54, 1.807) is 4.68 Å². The molecule has 1 aliphatic heterocycles. The number of carbonyl (C=O) groups is 1. The molecular weight excluding hydrogens is 332 g/mol. The van der Waals surface area contributed by atoms with Crippen LogP contribution in [0.2, 0.25) is 0 Å². The molecular formula is C19H24N4O3. The fourth-order valence-corrected chi connectivity index (χ4v) is 2.91. The van der Waals surface area contributed by atoms with Crippen LogP contribution in [0.4, 0.5) is 5.95 Å². The second kappa shape index (κ2) is 7.59. The summed E-state index contributed by atoms with van der Waals surface area (Å²) in [5.74, 6) is 1.04. The average molecular weight is 356 g/mol. The molecule has 0 unspecified atom stereocenters. The molecule has 0 spiro atoms. The van der Waals surface area contributed by atoms with Crippen molar-refractivity contribution in [2.75, 3.05) is 11.9 Å². The highest BCUT2D eigenvalue weighted by atomic mass is 16.5. The Bertz CT molecular complexity index is 808. The van der Waals surface area contributed by atoms with Gasteiger partial charge in [-0.2, -0.15) is 10.1 Å². The van der Waals surface area contributed by atoms with Crippen LogP contribution in [0.15, 0.2) is 41.9 Å². The summed E-state index contributed by atoms with van der Waals surface area (Å²) in [5.41, 5.74) is 2.16. The molecule has 2 heterocycles. The zero-order valence-corrected chi connectivity index (χ0v) is 15.5. The van der Waals surface area contributed by atoms with Crippen LogP contribution >= 0.6 is 0 Å². The summed E-state index contributed by atoms with van der Waals surface area (Å²) < 4.78 is 12.8. The minimum absolute atomic E-state index is 0.203. The van der Waals surface area contributed by atoms with Crippen molar-refractivity contribution in [3.8, 4) is 5.75 Å². The van der Waals surface area contributed by atoms with Gasteiger partial charge in [-0.15, -0.1) is 0 Å². The Balaban J connectivity index is 1.99. The Hall–Kier alpha value is -2.83. The number of benzene rings is 1. The van der Waals surface area contributed by atoms with Gasteiger partial charge in [0.25, 0.3) is 0 Å². The van der Waals surface area contributed by atoms with Crippen molar-refractivity contribution >= 4 is 11.9 Å². The first-order valence-corrected chi connectivity index (χ1v) is 8.82. The first-order valence-electron chi connectivity index (χ1n) is 8.82. The van der Waals surface area contributed by atoms with Crippen LogP contribution in [0.1, 0.15) is 45.7 Å². The zero-order valence-electron chi connectivity index (χ0n) is 15.5. The summed E-state index contributed by atoms with van der Waals surface area (Å²) in [7, 11) is 0. The zero-order chi connectivity index (χ0) is 18.7. The maximum Gasteiger partial charge on any atom is 0.338 e. The number of hydrogen-bond donors (Lipinski definition) is 1. The van der Waals surface area contributed by atoms with E-state index in [4.69, 9.17) is 9.47 Å². The molecule has 1 aromatic carbocycles. The molecule has 0 amide bonds. The number of nitrogens with zero attached hydrogens (tertiary/aromatic N) is 3. The van der Waals surface area contributed by atoms with Crippen molar-refractivity contribution in [1.29, 1.82) is 0 Å². The highest BCUT2D eigenvalue weighted by molar-refractivity contribution is 5.92. The summed E-state index contributed by atoms with van der Waals surface area (Å²) in [4.78, 5) is 17.0. The smallest absolute Gasteiger partial charge is 0.338 e. The van der Waals surface area contributed by atoms with E-state index in [2.05, 4.69) is 22.3 Å². The average Bonchev–Trinajstić information content (AvgIpc) is 3.06. The molecule has 0 bridgehead atoms. The van der Waals surface area contributed by atoms with Gasteiger partial charge in [0.1, 0.15) is 18.1 Å². The molecule has 0 fully saturated rings. The maximum atomic E-state index is 12.7. The molecule has 1 aromatic heterocycles. The Morgan fingerprint density at radius 3 is 2.69 bits per heavy atom. The monoisotopic (exact) mass is 356 g/mol. The maximum absolute atomic E-state index is 12.7. The number of allylic oxidation sites excluding steroid dienone is 1. The lowest BCUT2D eigenvalue weighted by Gasteiger charge is -2.28. The summed E-state index contributed by atoms with van der Waals surface area (Å²) in [6.07, 6.45) is 2.22. The number of rotatable bonds is 6. The van der Waals surface area contributed by atoms with Gasteiger partial charge in [-0.25, -0.2) is 9.48 Å². The lowest BCUT2D eigenvalue weighted by atomic mass is 9.95. The minimum Gasteiger partial charge on any atom is -0.494 e. The van der Waals surface area contributed by atoms with Gasteiger partial charge < -0.3 is 14.8 Å². The number of carbonyl (C=O) groups excluding carboxylic acids is 1. The molecule has 0 radical (unpaired) electrons. The van der Waals surface area contributed by atoms with E-state index in [9.17, 15) is 4.79 Å².